The van der Waals surface area contributed by atoms with Crippen LogP contribution in [0.15, 0.2) is 47.6 Å². The number of nitrogens with one attached hydrogen (secondary N) is 1. The van der Waals surface area contributed by atoms with Crippen molar-refractivity contribution in [3.63, 3.8) is 0 Å². The van der Waals surface area contributed by atoms with Gasteiger partial charge in [-0.05, 0) is 32.0 Å². The number of Topliss-reactive ketones (excluding diaryl/α,β-unsaturated/α-hetero) is 1. The number of benzene rings is 1. The normalized spacial score (nSPS) is 12.3. The Hall–Kier alpha value is -3.18. The molecule has 2 aromatic rings. The van der Waals surface area contributed by atoms with Crippen LogP contribution in [0.3, 0.4) is 0 Å². The fraction of sp³-hybridized carbons (Fsp3) is 0.278. The molecule has 29 heavy (non-hydrogen) atoms. The molecule has 1 unspecified atom stereocenters. The van der Waals surface area contributed by atoms with E-state index in [-0.39, 0.29) is 16.6 Å². The predicted octanol–water partition coefficient (Wildman–Crippen LogP) is 0.870. The van der Waals surface area contributed by atoms with Crippen molar-refractivity contribution in [2.75, 3.05) is 18.9 Å². The van der Waals surface area contributed by atoms with Gasteiger partial charge < -0.3 is 4.74 Å². The van der Waals surface area contributed by atoms with Gasteiger partial charge >= 0.3 is 5.97 Å². The Bertz CT molecular complexity index is 993. The van der Waals surface area contributed by atoms with E-state index in [0.29, 0.717) is 5.56 Å². The van der Waals surface area contributed by atoms with Crippen molar-refractivity contribution in [2.24, 2.45) is 0 Å². The first-order chi connectivity index (χ1) is 13.6. The SMILES string of the molecule is CC(=O)c1ccc(S(=O)(=O)N(C)CC(=O)OC(C)C(=O)Nc2ncccn2)cc1. The lowest BCUT2D eigenvalue weighted by Gasteiger charge is -2.18. The number of likely N-dealkylation sites (N-methyl/N-ethyl adjacent to an activating group) is 1. The Morgan fingerprint density at radius 2 is 1.72 bits per heavy atom. The minimum Gasteiger partial charge on any atom is -0.452 e. The van der Waals surface area contributed by atoms with Crippen LogP contribution in [0.4, 0.5) is 5.95 Å². The average molecular weight is 420 g/mol. The number of aromatic nitrogens is 2. The first kappa shape index (κ1) is 22.1. The summed E-state index contributed by atoms with van der Waals surface area (Å²) in [7, 11) is -2.77. The lowest BCUT2D eigenvalue weighted by atomic mass is 10.2. The van der Waals surface area contributed by atoms with Crippen molar-refractivity contribution >= 4 is 33.6 Å². The molecule has 0 saturated carbocycles. The molecule has 0 aliphatic carbocycles. The van der Waals surface area contributed by atoms with Crippen molar-refractivity contribution in [2.45, 2.75) is 24.8 Å². The summed E-state index contributed by atoms with van der Waals surface area (Å²) < 4.78 is 30.9. The summed E-state index contributed by atoms with van der Waals surface area (Å²) in [5.41, 5.74) is 0.369. The summed E-state index contributed by atoms with van der Waals surface area (Å²) in [5, 5.41) is 2.37. The van der Waals surface area contributed by atoms with Crippen LogP contribution in [0, 0.1) is 0 Å². The summed E-state index contributed by atoms with van der Waals surface area (Å²) in [6, 6.07) is 6.91. The van der Waals surface area contributed by atoms with E-state index in [1.54, 1.807) is 6.07 Å². The highest BCUT2D eigenvalue weighted by atomic mass is 32.2. The Labute approximate surface area is 168 Å². The number of amides is 1. The van der Waals surface area contributed by atoms with Crippen LogP contribution in [-0.2, 0) is 24.3 Å². The van der Waals surface area contributed by atoms with Gasteiger partial charge in [0.15, 0.2) is 11.9 Å². The molecule has 1 aromatic heterocycles. The molecule has 154 valence electrons. The molecule has 0 bridgehead atoms. The van der Waals surface area contributed by atoms with Crippen LogP contribution in [0.5, 0.6) is 0 Å². The first-order valence-corrected chi connectivity index (χ1v) is 9.90. The Balaban J connectivity index is 1.96. The van der Waals surface area contributed by atoms with Crippen molar-refractivity contribution < 1.29 is 27.5 Å². The molecule has 11 heteroatoms. The van der Waals surface area contributed by atoms with Crippen molar-refractivity contribution in [3.05, 3.63) is 48.3 Å². The summed E-state index contributed by atoms with van der Waals surface area (Å²) in [5.74, 6) is -1.71. The van der Waals surface area contributed by atoms with Gasteiger partial charge in [-0.15, -0.1) is 0 Å². The molecule has 0 saturated heterocycles. The third kappa shape index (κ3) is 5.90. The Kier molecular flexibility index (Phi) is 7.13. The molecule has 1 amide bonds. The van der Waals surface area contributed by atoms with E-state index in [9.17, 15) is 22.8 Å². The maximum Gasteiger partial charge on any atom is 0.322 e. The van der Waals surface area contributed by atoms with E-state index in [2.05, 4.69) is 15.3 Å². The summed E-state index contributed by atoms with van der Waals surface area (Å²) in [6.45, 7) is 2.11. The fourth-order valence-electron chi connectivity index (χ4n) is 2.17. The lowest BCUT2D eigenvalue weighted by molar-refractivity contribution is -0.153. The number of nitrogens with zero attached hydrogens (tertiary/aromatic N) is 3. The first-order valence-electron chi connectivity index (χ1n) is 8.46. The lowest BCUT2D eigenvalue weighted by Crippen LogP contribution is -2.37. The number of carbonyl (C=O) groups is 3. The Morgan fingerprint density at radius 3 is 2.28 bits per heavy atom. The van der Waals surface area contributed by atoms with Gasteiger partial charge in [0, 0.05) is 25.0 Å². The largest absolute Gasteiger partial charge is 0.452 e. The average Bonchev–Trinajstić information content (AvgIpc) is 2.68. The molecule has 1 aromatic carbocycles. The number of hydrogen-bond acceptors (Lipinski definition) is 8. The molecule has 1 heterocycles. The zero-order valence-corrected chi connectivity index (χ0v) is 16.8. The maximum absolute atomic E-state index is 12.5. The molecule has 0 radical (unpaired) electrons. The third-order valence-electron chi connectivity index (χ3n) is 3.80. The summed E-state index contributed by atoms with van der Waals surface area (Å²) in [4.78, 5) is 42.9. The smallest absolute Gasteiger partial charge is 0.322 e. The fourth-order valence-corrected chi connectivity index (χ4v) is 3.29. The quantitative estimate of drug-likeness (QED) is 0.491. The minimum absolute atomic E-state index is 0.0501. The van der Waals surface area contributed by atoms with Crippen molar-refractivity contribution in [3.8, 4) is 0 Å². The molecular weight excluding hydrogens is 400 g/mol. The predicted molar refractivity (Wildman–Crippen MR) is 102 cm³/mol. The standard InChI is InChI=1S/C18H20N4O6S/c1-12(23)14-5-7-15(8-6-14)29(26,27)22(3)11-16(24)28-13(2)17(25)21-18-19-9-4-10-20-18/h4-10,13H,11H2,1-3H3,(H,19,20,21,25). The van der Waals surface area contributed by atoms with Crippen LogP contribution in [-0.4, -0.2) is 60.0 Å². The highest BCUT2D eigenvalue weighted by Crippen LogP contribution is 2.15. The molecule has 2 rings (SSSR count). The van der Waals surface area contributed by atoms with Crippen LogP contribution in [0.1, 0.15) is 24.2 Å². The number of sulfonamides is 1. The number of ether oxygens (including phenoxy) is 1. The number of hydrogen-bond donors (Lipinski definition) is 1. The van der Waals surface area contributed by atoms with Crippen molar-refractivity contribution in [1.29, 1.82) is 0 Å². The zero-order chi connectivity index (χ0) is 21.6. The van der Waals surface area contributed by atoms with Crippen molar-refractivity contribution in [1.82, 2.24) is 14.3 Å². The molecule has 0 spiro atoms. The van der Waals surface area contributed by atoms with Gasteiger partial charge in [0.25, 0.3) is 5.91 Å². The third-order valence-corrected chi connectivity index (χ3v) is 5.62. The van der Waals surface area contributed by atoms with E-state index in [4.69, 9.17) is 4.74 Å². The summed E-state index contributed by atoms with van der Waals surface area (Å²) >= 11 is 0. The van der Waals surface area contributed by atoms with E-state index < -0.39 is 34.5 Å². The van der Waals surface area contributed by atoms with Crippen LogP contribution in [0.25, 0.3) is 0 Å². The summed E-state index contributed by atoms with van der Waals surface area (Å²) in [6.07, 6.45) is 1.68. The zero-order valence-electron chi connectivity index (χ0n) is 16.0. The number of carbonyl (C=O) groups excluding carboxylic acids is 3. The van der Waals surface area contributed by atoms with E-state index >= 15 is 0 Å². The number of anilines is 1. The monoisotopic (exact) mass is 420 g/mol. The van der Waals surface area contributed by atoms with Gasteiger partial charge in [0.1, 0.15) is 6.54 Å². The van der Waals surface area contributed by atoms with Gasteiger partial charge in [-0.25, -0.2) is 18.4 Å². The second-order valence-corrected chi connectivity index (χ2v) is 8.08. The molecule has 0 aliphatic heterocycles. The molecular formula is C18H20N4O6S. The van der Waals surface area contributed by atoms with Gasteiger partial charge in [-0.1, -0.05) is 12.1 Å². The van der Waals surface area contributed by atoms with E-state index in [0.717, 1.165) is 4.31 Å². The van der Waals surface area contributed by atoms with Gasteiger partial charge in [0.05, 0.1) is 4.90 Å². The van der Waals surface area contributed by atoms with Crippen LogP contribution >= 0.6 is 0 Å². The topological polar surface area (TPSA) is 136 Å². The van der Waals surface area contributed by atoms with Gasteiger partial charge in [-0.2, -0.15) is 4.31 Å². The Morgan fingerprint density at radius 1 is 1.14 bits per heavy atom. The molecule has 1 atom stereocenters. The number of ketones is 1. The van der Waals surface area contributed by atoms with Crippen LogP contribution in [0.2, 0.25) is 0 Å². The number of rotatable bonds is 8. The number of esters is 1. The maximum atomic E-state index is 12.5. The second kappa shape index (κ2) is 9.34. The molecule has 10 nitrogen and oxygen atoms in total. The molecule has 0 fully saturated rings. The van der Waals surface area contributed by atoms with Gasteiger partial charge in [-0.3, -0.25) is 19.7 Å². The van der Waals surface area contributed by atoms with E-state index in [1.807, 2.05) is 0 Å². The molecule has 1 N–H and O–H groups in total. The highest BCUT2D eigenvalue weighted by molar-refractivity contribution is 7.89. The molecule has 0 aliphatic rings. The minimum atomic E-state index is -3.98. The second-order valence-electron chi connectivity index (χ2n) is 6.04. The van der Waals surface area contributed by atoms with Crippen LogP contribution < -0.4 is 5.32 Å². The van der Waals surface area contributed by atoms with E-state index in [1.165, 1.54) is 57.6 Å². The van der Waals surface area contributed by atoms with Gasteiger partial charge in [0.2, 0.25) is 16.0 Å². The highest BCUT2D eigenvalue weighted by Gasteiger charge is 2.26.